The molecule has 2 aromatic rings. The van der Waals surface area contributed by atoms with Crippen molar-refractivity contribution in [1.82, 2.24) is 5.16 Å². The molecule has 0 aliphatic rings. The van der Waals surface area contributed by atoms with Crippen LogP contribution >= 0.6 is 0 Å². The summed E-state index contributed by atoms with van der Waals surface area (Å²) in [4.78, 5) is 0. The summed E-state index contributed by atoms with van der Waals surface area (Å²) in [7, 11) is 0. The van der Waals surface area contributed by atoms with Crippen molar-refractivity contribution >= 4 is 0 Å². The molecule has 0 atom stereocenters. The summed E-state index contributed by atoms with van der Waals surface area (Å²) in [6.45, 7) is 3.50. The highest BCUT2D eigenvalue weighted by atomic mass is 16.5. The van der Waals surface area contributed by atoms with Crippen molar-refractivity contribution in [2.24, 2.45) is 5.73 Å². The van der Waals surface area contributed by atoms with Crippen LogP contribution in [0.25, 0.3) is 0 Å². The van der Waals surface area contributed by atoms with Crippen molar-refractivity contribution in [1.29, 1.82) is 0 Å². The molecule has 0 bridgehead atoms. The number of hydrogen-bond donors (Lipinski definition) is 1. The van der Waals surface area contributed by atoms with Gasteiger partial charge in [-0.25, -0.2) is 0 Å². The van der Waals surface area contributed by atoms with E-state index in [2.05, 4.69) is 5.16 Å². The molecule has 0 aliphatic carbocycles. The van der Waals surface area contributed by atoms with Crippen LogP contribution in [0.5, 0.6) is 11.5 Å². The second-order valence-corrected chi connectivity index (χ2v) is 4.04. The van der Waals surface area contributed by atoms with Gasteiger partial charge < -0.3 is 19.7 Å². The van der Waals surface area contributed by atoms with E-state index < -0.39 is 0 Å². The Balaban J connectivity index is 2.18. The standard InChI is InChI=1S/C14H18N2O3/c1-2-17-13-5-3-4-12(6-7-15)14(13)18-9-11-8-16-19-10-11/h3-5,8,10H,2,6-7,9,15H2,1H3. The smallest absolute Gasteiger partial charge is 0.164 e. The number of nitrogens with two attached hydrogens (primary N) is 1. The summed E-state index contributed by atoms with van der Waals surface area (Å²) in [5.74, 6) is 1.49. The van der Waals surface area contributed by atoms with Gasteiger partial charge in [0.2, 0.25) is 0 Å². The van der Waals surface area contributed by atoms with Gasteiger partial charge in [-0.05, 0) is 31.5 Å². The fraction of sp³-hybridized carbons (Fsp3) is 0.357. The Kier molecular flexibility index (Phi) is 4.80. The van der Waals surface area contributed by atoms with Crippen LogP contribution in [-0.2, 0) is 13.0 Å². The summed E-state index contributed by atoms with van der Waals surface area (Å²) >= 11 is 0. The minimum Gasteiger partial charge on any atom is -0.490 e. The molecule has 1 heterocycles. The number of rotatable bonds is 7. The van der Waals surface area contributed by atoms with E-state index >= 15 is 0 Å². The third-order valence-corrected chi connectivity index (χ3v) is 2.64. The first kappa shape index (κ1) is 13.4. The van der Waals surface area contributed by atoms with Crippen LogP contribution in [0.1, 0.15) is 18.1 Å². The van der Waals surface area contributed by atoms with Crippen LogP contribution in [0, 0.1) is 0 Å². The van der Waals surface area contributed by atoms with Gasteiger partial charge in [-0.1, -0.05) is 17.3 Å². The maximum absolute atomic E-state index is 5.84. The first-order chi connectivity index (χ1) is 9.35. The lowest BCUT2D eigenvalue weighted by Crippen LogP contribution is -2.07. The summed E-state index contributed by atoms with van der Waals surface area (Å²) in [6, 6.07) is 5.84. The highest BCUT2D eigenvalue weighted by molar-refractivity contribution is 5.47. The molecule has 0 fully saturated rings. The average Bonchev–Trinajstić information content (AvgIpc) is 2.92. The molecule has 2 rings (SSSR count). The largest absolute Gasteiger partial charge is 0.490 e. The zero-order valence-corrected chi connectivity index (χ0v) is 11.0. The molecule has 1 aromatic heterocycles. The summed E-state index contributed by atoms with van der Waals surface area (Å²) in [5, 5.41) is 3.65. The van der Waals surface area contributed by atoms with Crippen molar-refractivity contribution in [3.05, 3.63) is 41.8 Å². The predicted molar refractivity (Wildman–Crippen MR) is 71.2 cm³/mol. The lowest BCUT2D eigenvalue weighted by atomic mass is 10.1. The lowest BCUT2D eigenvalue weighted by molar-refractivity contribution is 0.266. The van der Waals surface area contributed by atoms with E-state index in [1.165, 1.54) is 0 Å². The predicted octanol–water partition coefficient (Wildman–Crippen LogP) is 2.15. The molecule has 102 valence electrons. The van der Waals surface area contributed by atoms with Gasteiger partial charge in [-0.2, -0.15) is 0 Å². The first-order valence-corrected chi connectivity index (χ1v) is 6.31. The van der Waals surface area contributed by atoms with E-state index in [1.54, 1.807) is 12.5 Å². The maximum atomic E-state index is 5.84. The third kappa shape index (κ3) is 3.48. The number of nitrogens with zero attached hydrogens (tertiary/aromatic N) is 1. The van der Waals surface area contributed by atoms with Crippen LogP contribution in [0.4, 0.5) is 0 Å². The Morgan fingerprint density at radius 3 is 2.89 bits per heavy atom. The van der Waals surface area contributed by atoms with Crippen molar-refractivity contribution in [3.8, 4) is 11.5 Å². The first-order valence-electron chi connectivity index (χ1n) is 6.31. The van der Waals surface area contributed by atoms with E-state index in [-0.39, 0.29) is 0 Å². The minimum absolute atomic E-state index is 0.394. The van der Waals surface area contributed by atoms with Gasteiger partial charge in [0.1, 0.15) is 12.9 Å². The second-order valence-electron chi connectivity index (χ2n) is 4.04. The van der Waals surface area contributed by atoms with Crippen molar-refractivity contribution in [2.75, 3.05) is 13.2 Å². The monoisotopic (exact) mass is 262 g/mol. The fourth-order valence-corrected chi connectivity index (χ4v) is 1.80. The highest BCUT2D eigenvalue weighted by Gasteiger charge is 2.11. The molecule has 0 amide bonds. The molecule has 0 radical (unpaired) electrons. The molecule has 2 N–H and O–H groups in total. The van der Waals surface area contributed by atoms with E-state index in [4.69, 9.17) is 19.7 Å². The van der Waals surface area contributed by atoms with Gasteiger partial charge in [-0.3, -0.25) is 0 Å². The molecule has 0 aliphatic heterocycles. The topological polar surface area (TPSA) is 70.5 Å². The van der Waals surface area contributed by atoms with Crippen molar-refractivity contribution < 1.29 is 14.0 Å². The SMILES string of the molecule is CCOc1cccc(CCN)c1OCc1cnoc1. The number of benzene rings is 1. The van der Waals surface area contributed by atoms with Gasteiger partial charge in [0.05, 0.1) is 12.8 Å². The molecule has 0 spiro atoms. The minimum atomic E-state index is 0.394. The Bertz CT molecular complexity index is 473. The van der Waals surface area contributed by atoms with Crippen LogP contribution in [0.3, 0.4) is 0 Å². The molecule has 5 heteroatoms. The van der Waals surface area contributed by atoms with Crippen molar-refractivity contribution in [2.45, 2.75) is 20.0 Å². The van der Waals surface area contributed by atoms with Gasteiger partial charge in [0.15, 0.2) is 11.5 Å². The van der Waals surface area contributed by atoms with Gasteiger partial charge in [0.25, 0.3) is 0 Å². The number of para-hydroxylation sites is 1. The molecular formula is C14H18N2O3. The summed E-state index contributed by atoms with van der Waals surface area (Å²) < 4.78 is 16.2. The number of ether oxygens (including phenoxy) is 2. The molecule has 19 heavy (non-hydrogen) atoms. The zero-order valence-electron chi connectivity index (χ0n) is 11.0. The Morgan fingerprint density at radius 2 is 2.21 bits per heavy atom. The van der Waals surface area contributed by atoms with Crippen LogP contribution < -0.4 is 15.2 Å². The lowest BCUT2D eigenvalue weighted by Gasteiger charge is -2.15. The Hall–Kier alpha value is -2.01. The average molecular weight is 262 g/mol. The molecular weight excluding hydrogens is 244 g/mol. The van der Waals surface area contributed by atoms with E-state index in [9.17, 15) is 0 Å². The Morgan fingerprint density at radius 1 is 1.32 bits per heavy atom. The van der Waals surface area contributed by atoms with Gasteiger partial charge in [0, 0.05) is 5.56 Å². The highest BCUT2D eigenvalue weighted by Crippen LogP contribution is 2.32. The van der Waals surface area contributed by atoms with Crippen LogP contribution in [0.15, 0.2) is 35.2 Å². The zero-order chi connectivity index (χ0) is 13.5. The quantitative estimate of drug-likeness (QED) is 0.828. The van der Waals surface area contributed by atoms with Crippen LogP contribution in [-0.4, -0.2) is 18.3 Å². The third-order valence-electron chi connectivity index (χ3n) is 2.64. The molecule has 0 saturated heterocycles. The van der Waals surface area contributed by atoms with Gasteiger partial charge in [-0.15, -0.1) is 0 Å². The van der Waals surface area contributed by atoms with Crippen molar-refractivity contribution in [3.63, 3.8) is 0 Å². The van der Waals surface area contributed by atoms with E-state index in [0.717, 1.165) is 29.0 Å². The number of hydrogen-bond acceptors (Lipinski definition) is 5. The summed E-state index contributed by atoms with van der Waals surface area (Å²) in [5.41, 5.74) is 7.55. The fourth-order valence-electron chi connectivity index (χ4n) is 1.80. The molecule has 0 unspecified atom stereocenters. The molecule has 0 saturated carbocycles. The normalized spacial score (nSPS) is 10.4. The van der Waals surface area contributed by atoms with Gasteiger partial charge >= 0.3 is 0 Å². The Labute approximate surface area is 112 Å². The van der Waals surface area contributed by atoms with E-state index in [0.29, 0.717) is 19.8 Å². The van der Waals surface area contributed by atoms with E-state index in [1.807, 2.05) is 25.1 Å². The number of aromatic nitrogens is 1. The van der Waals surface area contributed by atoms with Crippen LogP contribution in [0.2, 0.25) is 0 Å². The maximum Gasteiger partial charge on any atom is 0.164 e. The second kappa shape index (κ2) is 6.80. The summed E-state index contributed by atoms with van der Waals surface area (Å²) in [6.07, 6.45) is 3.94. The molecule has 5 nitrogen and oxygen atoms in total. The molecule has 1 aromatic carbocycles.